The van der Waals surface area contributed by atoms with Gasteiger partial charge in [-0.25, -0.2) is 9.59 Å². The van der Waals surface area contributed by atoms with E-state index in [9.17, 15) is 29.4 Å². The number of hydrogen-bond donors (Lipinski definition) is 3. The first-order valence-electron chi connectivity index (χ1n) is 14.0. The Morgan fingerprint density at radius 1 is 1.19 bits per heavy atom. The summed E-state index contributed by atoms with van der Waals surface area (Å²) in [5, 5.41) is 19.7. The Labute approximate surface area is 249 Å². The van der Waals surface area contributed by atoms with E-state index in [0.717, 1.165) is 0 Å². The fourth-order valence-corrected chi connectivity index (χ4v) is 7.46. The molecule has 0 aliphatic carbocycles. The van der Waals surface area contributed by atoms with E-state index in [0.29, 0.717) is 30.8 Å². The highest BCUT2D eigenvalue weighted by Crippen LogP contribution is 2.52. The molecule has 6 atom stereocenters. The average molecular weight is 606 g/mol. The van der Waals surface area contributed by atoms with Crippen LogP contribution in [0.1, 0.15) is 33.1 Å². The molecule has 0 saturated carbocycles. The van der Waals surface area contributed by atoms with Gasteiger partial charge in [-0.2, -0.15) is 4.99 Å². The fraction of sp³-hybridized carbons (Fsp3) is 0.607. The molecule has 3 amide bonds. The molecule has 0 aromatic carbocycles. The molecule has 4 N–H and O–H groups in total. The standard InChI is InChI=1S/C28H39N5O8S/c1-5-11-40-26(38)22-23(15(3)21-20(16(4)34)25(37)33(21)22)42-18-13-19(32(14-18)28(39)41-12-6-2)24(36)30-27(29)31-9-7-17(35)8-10-31/h5-6,15-21,34-35H,1-2,7-14H2,3-4H3,(H2,29,30,36)/t15-,16-,18+,19+,20-,21-/m1/s1. The van der Waals surface area contributed by atoms with Gasteiger partial charge in [0, 0.05) is 35.7 Å². The van der Waals surface area contributed by atoms with Gasteiger partial charge < -0.3 is 35.2 Å². The van der Waals surface area contributed by atoms with Crippen molar-refractivity contribution in [3.05, 3.63) is 35.9 Å². The molecule has 42 heavy (non-hydrogen) atoms. The number of nitrogens with two attached hydrogens (primary N) is 1. The molecule has 0 aromatic heterocycles. The van der Waals surface area contributed by atoms with Crippen LogP contribution < -0.4 is 5.73 Å². The smallest absolute Gasteiger partial charge is 0.410 e. The van der Waals surface area contributed by atoms with Crippen molar-refractivity contribution in [1.29, 1.82) is 0 Å². The number of aliphatic hydroxyl groups is 2. The Bertz CT molecular complexity index is 1180. The number of fused-ring (bicyclic) bond motifs is 1. The van der Waals surface area contributed by atoms with Gasteiger partial charge >= 0.3 is 12.1 Å². The zero-order chi connectivity index (χ0) is 30.7. The lowest BCUT2D eigenvalue weighted by Crippen LogP contribution is -2.63. The summed E-state index contributed by atoms with van der Waals surface area (Å²) in [4.78, 5) is 61.5. The maximum absolute atomic E-state index is 13.4. The van der Waals surface area contributed by atoms with Crippen LogP contribution in [-0.2, 0) is 23.9 Å². The Balaban J connectivity index is 1.58. The maximum atomic E-state index is 13.4. The van der Waals surface area contributed by atoms with E-state index in [1.165, 1.54) is 33.7 Å². The number of aliphatic imine (C=N–C) groups is 1. The Morgan fingerprint density at radius 2 is 1.83 bits per heavy atom. The number of aliphatic hydroxyl groups excluding tert-OH is 2. The lowest BCUT2D eigenvalue weighted by atomic mass is 9.79. The zero-order valence-corrected chi connectivity index (χ0v) is 24.7. The molecule has 3 fully saturated rings. The summed E-state index contributed by atoms with van der Waals surface area (Å²) in [5.41, 5.74) is 6.24. The second-order valence-corrected chi connectivity index (χ2v) is 12.2. The Morgan fingerprint density at radius 3 is 2.45 bits per heavy atom. The van der Waals surface area contributed by atoms with Crippen LogP contribution in [0.2, 0.25) is 0 Å². The minimum atomic E-state index is -0.967. The third-order valence-electron chi connectivity index (χ3n) is 8.05. The van der Waals surface area contributed by atoms with Crippen LogP contribution in [0.25, 0.3) is 0 Å². The maximum Gasteiger partial charge on any atom is 0.410 e. The number of carbonyl (C=O) groups excluding carboxylic acids is 4. The van der Waals surface area contributed by atoms with Crippen molar-refractivity contribution >= 4 is 41.6 Å². The van der Waals surface area contributed by atoms with E-state index < -0.39 is 48.2 Å². The molecule has 0 bridgehead atoms. The summed E-state index contributed by atoms with van der Waals surface area (Å²) in [7, 11) is 0. The molecule has 4 heterocycles. The summed E-state index contributed by atoms with van der Waals surface area (Å²) < 4.78 is 10.5. The lowest BCUT2D eigenvalue weighted by Gasteiger charge is -2.46. The normalized spacial score (nSPS) is 28.8. The molecule has 230 valence electrons. The lowest BCUT2D eigenvalue weighted by molar-refractivity contribution is -0.164. The van der Waals surface area contributed by atoms with Crippen molar-refractivity contribution in [2.75, 3.05) is 32.8 Å². The quantitative estimate of drug-likeness (QED) is 0.110. The molecule has 4 aliphatic heterocycles. The van der Waals surface area contributed by atoms with Crippen LogP contribution in [-0.4, -0.2) is 117 Å². The number of ether oxygens (including phenoxy) is 2. The minimum absolute atomic E-state index is 0.0221. The van der Waals surface area contributed by atoms with Crippen LogP contribution in [0.3, 0.4) is 0 Å². The first kappa shape index (κ1) is 31.6. The number of carbonyl (C=O) groups is 4. The first-order chi connectivity index (χ1) is 20.0. The summed E-state index contributed by atoms with van der Waals surface area (Å²) in [6.07, 6.45) is 2.04. The molecule has 0 aromatic rings. The molecule has 14 heteroatoms. The van der Waals surface area contributed by atoms with Gasteiger partial charge in [0.05, 0.1) is 24.2 Å². The van der Waals surface area contributed by atoms with E-state index in [4.69, 9.17) is 15.2 Å². The molecule has 0 spiro atoms. The highest BCUT2D eigenvalue weighted by molar-refractivity contribution is 8.03. The summed E-state index contributed by atoms with van der Waals surface area (Å²) in [6, 6.07) is -1.38. The number of likely N-dealkylation sites (tertiary alicyclic amines) is 2. The molecule has 4 aliphatic rings. The van der Waals surface area contributed by atoms with E-state index in [1.807, 2.05) is 6.92 Å². The van der Waals surface area contributed by atoms with Crippen molar-refractivity contribution in [1.82, 2.24) is 14.7 Å². The topological polar surface area (TPSA) is 175 Å². The van der Waals surface area contributed by atoms with Gasteiger partial charge in [0.15, 0.2) is 5.96 Å². The summed E-state index contributed by atoms with van der Waals surface area (Å²) >= 11 is 1.31. The van der Waals surface area contributed by atoms with E-state index >= 15 is 0 Å². The second kappa shape index (κ2) is 13.3. The Kier molecular flexibility index (Phi) is 10.00. The predicted octanol–water partition coefficient (Wildman–Crippen LogP) is 0.581. The number of thioether (sulfide) groups is 1. The monoisotopic (exact) mass is 605 g/mol. The zero-order valence-electron chi connectivity index (χ0n) is 23.9. The fourth-order valence-electron chi connectivity index (χ4n) is 5.94. The number of esters is 1. The van der Waals surface area contributed by atoms with Crippen LogP contribution in [0, 0.1) is 11.8 Å². The molecular formula is C28H39N5O8S. The van der Waals surface area contributed by atoms with Crippen molar-refractivity contribution in [3.63, 3.8) is 0 Å². The van der Waals surface area contributed by atoms with Crippen molar-refractivity contribution < 1.29 is 38.9 Å². The third kappa shape index (κ3) is 6.20. The van der Waals surface area contributed by atoms with Crippen LogP contribution >= 0.6 is 11.8 Å². The van der Waals surface area contributed by atoms with E-state index in [1.54, 1.807) is 11.8 Å². The number of piperidine rings is 1. The minimum Gasteiger partial charge on any atom is -0.457 e. The van der Waals surface area contributed by atoms with E-state index in [-0.39, 0.29) is 54.9 Å². The number of β-lactam (4-membered cyclic amide) rings is 1. The highest BCUT2D eigenvalue weighted by atomic mass is 32.2. The summed E-state index contributed by atoms with van der Waals surface area (Å²) in [5.74, 6) is -2.57. The van der Waals surface area contributed by atoms with Gasteiger partial charge in [0.1, 0.15) is 25.0 Å². The van der Waals surface area contributed by atoms with Gasteiger partial charge in [0.25, 0.3) is 5.91 Å². The number of hydrogen-bond acceptors (Lipinski definition) is 9. The van der Waals surface area contributed by atoms with Gasteiger partial charge in [-0.15, -0.1) is 11.8 Å². The molecule has 4 rings (SSSR count). The van der Waals surface area contributed by atoms with E-state index in [2.05, 4.69) is 18.2 Å². The summed E-state index contributed by atoms with van der Waals surface area (Å²) in [6.45, 7) is 11.5. The Hall–Kier alpha value is -3.36. The van der Waals surface area contributed by atoms with Crippen LogP contribution in [0.15, 0.2) is 40.9 Å². The van der Waals surface area contributed by atoms with Gasteiger partial charge in [0.2, 0.25) is 5.91 Å². The van der Waals surface area contributed by atoms with Gasteiger partial charge in [-0.3, -0.25) is 14.5 Å². The SMILES string of the molecule is C=CCOC(=O)C1=C(S[C@H]2C[C@@H](C(=O)N=C(N)N3CCC(O)CC3)N(C(=O)OCC=C)C2)[C@H](C)[C@@H]2[C@@H]([C@@H](C)O)C(=O)N12. The number of guanidine groups is 1. The molecular weight excluding hydrogens is 566 g/mol. The molecule has 13 nitrogen and oxygen atoms in total. The second-order valence-electron chi connectivity index (χ2n) is 10.9. The largest absolute Gasteiger partial charge is 0.457 e. The van der Waals surface area contributed by atoms with Crippen molar-refractivity contribution in [2.24, 2.45) is 22.6 Å². The highest BCUT2D eigenvalue weighted by Gasteiger charge is 2.60. The first-order valence-corrected chi connectivity index (χ1v) is 14.9. The number of rotatable bonds is 9. The van der Waals surface area contributed by atoms with Crippen molar-refractivity contribution in [3.8, 4) is 0 Å². The molecule has 0 radical (unpaired) electrons. The molecule has 3 saturated heterocycles. The molecule has 0 unspecified atom stereocenters. The van der Waals surface area contributed by atoms with Crippen molar-refractivity contribution in [2.45, 2.75) is 62.7 Å². The predicted molar refractivity (Wildman–Crippen MR) is 155 cm³/mol. The van der Waals surface area contributed by atoms with Crippen LogP contribution in [0.4, 0.5) is 4.79 Å². The average Bonchev–Trinajstić information content (AvgIpc) is 3.48. The number of nitrogens with zero attached hydrogens (tertiary/aromatic N) is 4. The number of amides is 3. The van der Waals surface area contributed by atoms with Gasteiger partial charge in [-0.1, -0.05) is 32.2 Å². The third-order valence-corrected chi connectivity index (χ3v) is 9.54. The van der Waals surface area contributed by atoms with Gasteiger partial charge in [-0.05, 0) is 26.2 Å². The van der Waals surface area contributed by atoms with Crippen LogP contribution in [0.5, 0.6) is 0 Å².